The van der Waals surface area contributed by atoms with Crippen LogP contribution in [0, 0.1) is 12.8 Å². The van der Waals surface area contributed by atoms with E-state index in [9.17, 15) is 9.59 Å². The molecule has 2 aromatic rings. The van der Waals surface area contributed by atoms with Crippen LogP contribution in [-0.4, -0.2) is 35.2 Å². The van der Waals surface area contributed by atoms with E-state index in [2.05, 4.69) is 10.3 Å². The van der Waals surface area contributed by atoms with E-state index in [0.29, 0.717) is 24.1 Å². The monoisotopic (exact) mass is 329 g/mol. The van der Waals surface area contributed by atoms with Crippen molar-refractivity contribution in [3.63, 3.8) is 0 Å². The number of aryl methyl sites for hydroxylation is 1. The summed E-state index contributed by atoms with van der Waals surface area (Å²) in [6, 6.07) is 5.48. The summed E-state index contributed by atoms with van der Waals surface area (Å²) >= 11 is 0. The van der Waals surface area contributed by atoms with Gasteiger partial charge in [0.15, 0.2) is 0 Å². The number of nitrogens with one attached hydrogen (secondary N) is 1. The van der Waals surface area contributed by atoms with Gasteiger partial charge in [-0.1, -0.05) is 12.1 Å². The fourth-order valence-electron chi connectivity index (χ4n) is 2.60. The highest BCUT2D eigenvalue weighted by atomic mass is 16.5. The van der Waals surface area contributed by atoms with Crippen LogP contribution in [0.1, 0.15) is 24.8 Å². The molecule has 6 heteroatoms. The van der Waals surface area contributed by atoms with E-state index in [1.807, 2.05) is 19.1 Å². The van der Waals surface area contributed by atoms with Crippen molar-refractivity contribution in [1.29, 1.82) is 0 Å². The highest BCUT2D eigenvalue weighted by Crippen LogP contribution is 2.28. The first-order valence-corrected chi connectivity index (χ1v) is 8.44. The van der Waals surface area contributed by atoms with Crippen molar-refractivity contribution >= 4 is 16.8 Å². The third-order valence-corrected chi connectivity index (χ3v) is 4.21. The molecule has 0 bridgehead atoms. The Morgan fingerprint density at radius 1 is 1.42 bits per heavy atom. The summed E-state index contributed by atoms with van der Waals surface area (Å²) in [6.07, 6.45) is 4.79. The van der Waals surface area contributed by atoms with Crippen LogP contribution in [-0.2, 0) is 16.1 Å². The predicted molar refractivity (Wildman–Crippen MR) is 91.9 cm³/mol. The molecule has 1 aliphatic rings. The Balaban J connectivity index is 1.49. The number of fused-ring (bicyclic) bond motifs is 1. The van der Waals surface area contributed by atoms with Gasteiger partial charge in [0.25, 0.3) is 5.56 Å². The Hall–Kier alpha value is -2.21. The average Bonchev–Trinajstić information content (AvgIpc) is 3.38. The van der Waals surface area contributed by atoms with Crippen molar-refractivity contribution in [2.45, 2.75) is 32.7 Å². The van der Waals surface area contributed by atoms with Crippen molar-refractivity contribution in [3.8, 4) is 0 Å². The molecule has 128 valence electrons. The van der Waals surface area contributed by atoms with Gasteiger partial charge in [0.1, 0.15) is 6.54 Å². The zero-order valence-electron chi connectivity index (χ0n) is 14.0. The van der Waals surface area contributed by atoms with Gasteiger partial charge in [0.2, 0.25) is 5.91 Å². The molecule has 6 nitrogen and oxygen atoms in total. The fourth-order valence-corrected chi connectivity index (χ4v) is 2.60. The molecule has 0 spiro atoms. The van der Waals surface area contributed by atoms with E-state index in [1.165, 1.54) is 23.7 Å². The van der Waals surface area contributed by atoms with Gasteiger partial charge < -0.3 is 10.1 Å². The minimum absolute atomic E-state index is 0.0152. The Labute approximate surface area is 140 Å². The van der Waals surface area contributed by atoms with Gasteiger partial charge in [0, 0.05) is 19.8 Å². The lowest BCUT2D eigenvalue weighted by molar-refractivity contribution is -0.121. The largest absolute Gasteiger partial charge is 0.381 e. The second-order valence-corrected chi connectivity index (χ2v) is 6.37. The maximum atomic E-state index is 12.4. The molecule has 1 aromatic heterocycles. The van der Waals surface area contributed by atoms with E-state index in [0.717, 1.165) is 24.5 Å². The molecule has 1 aliphatic carbocycles. The fraction of sp³-hybridized carbons (Fsp3) is 0.500. The van der Waals surface area contributed by atoms with Crippen LogP contribution in [0.15, 0.2) is 29.3 Å². The molecule has 0 unspecified atom stereocenters. The van der Waals surface area contributed by atoms with Gasteiger partial charge in [-0.3, -0.25) is 14.2 Å². The van der Waals surface area contributed by atoms with Crippen molar-refractivity contribution in [2.24, 2.45) is 5.92 Å². The summed E-state index contributed by atoms with van der Waals surface area (Å²) < 4.78 is 6.87. The van der Waals surface area contributed by atoms with Crippen LogP contribution in [0.2, 0.25) is 0 Å². The van der Waals surface area contributed by atoms with E-state index in [4.69, 9.17) is 4.74 Å². The van der Waals surface area contributed by atoms with Crippen molar-refractivity contribution in [3.05, 3.63) is 40.4 Å². The Kier molecular flexibility index (Phi) is 5.25. The highest BCUT2D eigenvalue weighted by molar-refractivity contribution is 5.81. The first kappa shape index (κ1) is 16.6. The number of amides is 1. The number of carbonyl (C=O) groups is 1. The molecule has 0 saturated heterocycles. The van der Waals surface area contributed by atoms with E-state index >= 15 is 0 Å². The lowest BCUT2D eigenvalue weighted by Crippen LogP contribution is -2.33. The lowest BCUT2D eigenvalue weighted by atomic mass is 10.1. The van der Waals surface area contributed by atoms with Crippen LogP contribution in [0.3, 0.4) is 0 Å². The summed E-state index contributed by atoms with van der Waals surface area (Å²) in [6.45, 7) is 3.95. The van der Waals surface area contributed by atoms with Gasteiger partial charge in [-0.2, -0.15) is 0 Å². The molecule has 24 heavy (non-hydrogen) atoms. The van der Waals surface area contributed by atoms with Gasteiger partial charge in [-0.15, -0.1) is 0 Å². The normalized spacial score (nSPS) is 14.0. The molecule has 3 rings (SSSR count). The first-order chi connectivity index (χ1) is 11.6. The third kappa shape index (κ3) is 4.20. The number of nitrogens with zero attached hydrogens (tertiary/aromatic N) is 2. The number of benzene rings is 1. The molecule has 1 aromatic carbocycles. The molecule has 0 atom stereocenters. The van der Waals surface area contributed by atoms with Gasteiger partial charge >= 0.3 is 0 Å². The molecule has 1 saturated carbocycles. The lowest BCUT2D eigenvalue weighted by Gasteiger charge is -2.09. The van der Waals surface area contributed by atoms with Crippen LogP contribution >= 0.6 is 0 Å². The summed E-state index contributed by atoms with van der Waals surface area (Å²) in [5.74, 6) is 0.573. The zero-order chi connectivity index (χ0) is 16.9. The van der Waals surface area contributed by atoms with Crippen molar-refractivity contribution in [2.75, 3.05) is 19.8 Å². The predicted octanol–water partition coefficient (Wildman–Crippen LogP) is 1.64. The second-order valence-electron chi connectivity index (χ2n) is 6.37. The van der Waals surface area contributed by atoms with Crippen LogP contribution in [0.5, 0.6) is 0 Å². The number of hydrogen-bond donors (Lipinski definition) is 1. The van der Waals surface area contributed by atoms with Gasteiger partial charge in [-0.25, -0.2) is 4.98 Å². The summed E-state index contributed by atoms with van der Waals surface area (Å²) in [7, 11) is 0. The minimum atomic E-state index is -0.188. The zero-order valence-corrected chi connectivity index (χ0v) is 14.0. The quantitative estimate of drug-likeness (QED) is 0.747. The third-order valence-electron chi connectivity index (χ3n) is 4.21. The summed E-state index contributed by atoms with van der Waals surface area (Å²) in [5.41, 5.74) is 1.45. The average molecular weight is 329 g/mol. The number of hydrogen-bond acceptors (Lipinski definition) is 4. The second kappa shape index (κ2) is 7.57. The summed E-state index contributed by atoms with van der Waals surface area (Å²) in [5, 5.41) is 3.36. The van der Waals surface area contributed by atoms with Crippen molar-refractivity contribution < 1.29 is 9.53 Å². The van der Waals surface area contributed by atoms with Crippen LogP contribution < -0.4 is 10.9 Å². The molecule has 1 fully saturated rings. The Bertz CT molecular complexity index is 781. The van der Waals surface area contributed by atoms with Gasteiger partial charge in [-0.05, 0) is 43.7 Å². The number of aromatic nitrogens is 2. The Morgan fingerprint density at radius 3 is 3.04 bits per heavy atom. The topological polar surface area (TPSA) is 73.2 Å². The molecule has 0 aliphatic heterocycles. The van der Waals surface area contributed by atoms with Crippen molar-refractivity contribution in [1.82, 2.24) is 14.9 Å². The maximum Gasteiger partial charge on any atom is 0.261 e. The minimum Gasteiger partial charge on any atom is -0.381 e. The first-order valence-electron chi connectivity index (χ1n) is 8.44. The van der Waals surface area contributed by atoms with Gasteiger partial charge in [0.05, 0.1) is 17.2 Å². The van der Waals surface area contributed by atoms with Crippen LogP contribution in [0.25, 0.3) is 10.9 Å². The number of rotatable bonds is 8. The number of ether oxygens (including phenoxy) is 1. The number of para-hydroxylation sites is 1. The van der Waals surface area contributed by atoms with E-state index in [1.54, 1.807) is 6.07 Å². The molecule has 0 radical (unpaired) electrons. The molecule has 1 heterocycles. The van der Waals surface area contributed by atoms with E-state index < -0.39 is 0 Å². The number of carbonyl (C=O) groups excluding carboxylic acids is 1. The molecule has 1 N–H and O–H groups in total. The molecular weight excluding hydrogens is 306 g/mol. The maximum absolute atomic E-state index is 12.4. The highest BCUT2D eigenvalue weighted by Gasteiger charge is 2.20. The Morgan fingerprint density at radius 2 is 2.25 bits per heavy atom. The molecule has 1 amide bonds. The van der Waals surface area contributed by atoms with Crippen LogP contribution in [0.4, 0.5) is 0 Å². The molecular formula is C18H23N3O3. The summed E-state index contributed by atoms with van der Waals surface area (Å²) in [4.78, 5) is 28.7. The standard InChI is InChI=1S/C18H23N3O3/c1-13-4-2-5-15-17(13)20-12-21(18(15)23)10-16(22)19-8-3-9-24-11-14-6-7-14/h2,4-5,12,14H,3,6-11H2,1H3,(H,19,22). The smallest absolute Gasteiger partial charge is 0.261 e. The SMILES string of the molecule is Cc1cccc2c(=O)n(CC(=O)NCCCOCC3CC3)cnc12. The van der Waals surface area contributed by atoms with E-state index in [-0.39, 0.29) is 18.0 Å².